The Morgan fingerprint density at radius 3 is 2.65 bits per heavy atom. The van der Waals surface area contributed by atoms with Crippen LogP contribution in [-0.4, -0.2) is 66.3 Å². The number of hydrogen-bond acceptors (Lipinski definition) is 7. The predicted octanol–water partition coefficient (Wildman–Crippen LogP) is 2.92. The minimum atomic E-state index is -3.98. The summed E-state index contributed by atoms with van der Waals surface area (Å²) in [6.45, 7) is 1.97. The van der Waals surface area contributed by atoms with Crippen LogP contribution in [0.1, 0.15) is 11.4 Å². The van der Waals surface area contributed by atoms with Crippen molar-refractivity contribution in [3.63, 3.8) is 0 Å². The number of halogens is 1. The van der Waals surface area contributed by atoms with Gasteiger partial charge in [-0.25, -0.2) is 13.4 Å². The number of amides is 1. The molecule has 0 atom stereocenters. The van der Waals surface area contributed by atoms with Crippen LogP contribution < -0.4 is 10.1 Å². The maximum Gasteiger partial charge on any atom is 0.243 e. The number of methoxy groups -OCH3 is 1. The number of carbonyl (C=O) groups excluding carboxylic acids is 1. The summed E-state index contributed by atoms with van der Waals surface area (Å²) < 4.78 is 33.0. The molecule has 0 bridgehead atoms. The van der Waals surface area contributed by atoms with E-state index in [0.717, 1.165) is 5.56 Å². The van der Waals surface area contributed by atoms with Gasteiger partial charge in [-0.15, -0.1) is 5.10 Å². The molecule has 0 saturated heterocycles. The topological polar surface area (TPSA) is 117 Å². The first-order chi connectivity index (χ1) is 16.3. The summed E-state index contributed by atoms with van der Waals surface area (Å²) >= 11 is 7.54. The Kier molecular flexibility index (Phi) is 9.34. The molecule has 0 aliphatic heterocycles. The smallest absolute Gasteiger partial charge is 0.243 e. The number of rotatable bonds is 12. The molecular weight excluding hydrogens is 498 g/mol. The number of ether oxygens (including phenoxy) is 1. The summed E-state index contributed by atoms with van der Waals surface area (Å²) in [5.74, 6) is 1.23. The van der Waals surface area contributed by atoms with Gasteiger partial charge in [0.1, 0.15) is 11.6 Å². The molecule has 3 aromatic rings. The quantitative estimate of drug-likeness (QED) is 0.277. The van der Waals surface area contributed by atoms with Gasteiger partial charge in [0.15, 0.2) is 0 Å². The molecular formula is C22H26ClN5O4S2. The van der Waals surface area contributed by atoms with Crippen LogP contribution in [0, 0.1) is 6.92 Å². The van der Waals surface area contributed by atoms with E-state index in [-0.39, 0.29) is 23.0 Å². The molecule has 1 aromatic heterocycles. The highest BCUT2D eigenvalue weighted by Crippen LogP contribution is 2.28. The molecule has 0 fully saturated rings. The molecule has 0 aliphatic carbocycles. The number of aromatic amines is 1. The molecule has 1 amide bonds. The van der Waals surface area contributed by atoms with Crippen molar-refractivity contribution in [3.05, 3.63) is 64.9 Å². The highest BCUT2D eigenvalue weighted by Gasteiger charge is 2.27. The van der Waals surface area contributed by atoms with Gasteiger partial charge in [0.05, 0.1) is 23.6 Å². The lowest BCUT2D eigenvalue weighted by atomic mass is 10.1. The molecule has 0 aliphatic rings. The van der Waals surface area contributed by atoms with Crippen molar-refractivity contribution in [3.8, 4) is 5.75 Å². The van der Waals surface area contributed by atoms with Crippen LogP contribution >= 0.6 is 23.4 Å². The van der Waals surface area contributed by atoms with Crippen LogP contribution in [0.3, 0.4) is 0 Å². The predicted molar refractivity (Wildman–Crippen MR) is 132 cm³/mol. The Labute approximate surface area is 208 Å². The standard InChI is InChI=1S/C22H26ClN5O4S2/c1-16-25-22(27-26-16)33-13-11-24-21(29)15-28(12-10-17-6-4-3-5-7-17)34(30,31)18-8-9-20(32-2)19(23)14-18/h3-9,14H,10-13,15H2,1-2H3,(H,24,29)(H,25,26,27). The number of sulfonamides is 1. The fraction of sp³-hybridized carbons (Fsp3) is 0.318. The van der Waals surface area contributed by atoms with Gasteiger partial charge in [-0.2, -0.15) is 4.31 Å². The summed E-state index contributed by atoms with van der Waals surface area (Å²) in [7, 11) is -2.53. The van der Waals surface area contributed by atoms with Gasteiger partial charge in [-0.1, -0.05) is 53.7 Å². The van der Waals surface area contributed by atoms with E-state index in [1.165, 1.54) is 41.4 Å². The first kappa shape index (κ1) is 26.0. The van der Waals surface area contributed by atoms with Crippen molar-refractivity contribution < 1.29 is 17.9 Å². The Bertz CT molecular complexity index is 1210. The number of thioether (sulfide) groups is 1. The number of carbonyl (C=O) groups is 1. The summed E-state index contributed by atoms with van der Waals surface area (Å²) in [6, 6.07) is 13.7. The zero-order chi connectivity index (χ0) is 24.6. The van der Waals surface area contributed by atoms with E-state index < -0.39 is 15.9 Å². The lowest BCUT2D eigenvalue weighted by Crippen LogP contribution is -2.42. The molecule has 0 radical (unpaired) electrons. The highest BCUT2D eigenvalue weighted by atomic mass is 35.5. The number of nitrogens with one attached hydrogen (secondary N) is 2. The van der Waals surface area contributed by atoms with Gasteiger partial charge in [-0.3, -0.25) is 9.89 Å². The molecule has 0 unspecified atom stereocenters. The highest BCUT2D eigenvalue weighted by molar-refractivity contribution is 7.99. The molecule has 34 heavy (non-hydrogen) atoms. The van der Waals surface area contributed by atoms with Crippen molar-refractivity contribution >= 4 is 39.3 Å². The van der Waals surface area contributed by atoms with Gasteiger partial charge in [0, 0.05) is 18.8 Å². The zero-order valence-electron chi connectivity index (χ0n) is 18.8. The van der Waals surface area contributed by atoms with Crippen molar-refractivity contribution in [2.45, 2.75) is 23.4 Å². The molecule has 9 nitrogen and oxygen atoms in total. The molecule has 0 saturated carbocycles. The Morgan fingerprint density at radius 2 is 2.00 bits per heavy atom. The lowest BCUT2D eigenvalue weighted by molar-refractivity contribution is -0.121. The van der Waals surface area contributed by atoms with Crippen LogP contribution in [0.25, 0.3) is 0 Å². The second-order valence-corrected chi connectivity index (χ2v) is 10.7. The maximum atomic E-state index is 13.4. The molecule has 2 N–H and O–H groups in total. The van der Waals surface area contributed by atoms with E-state index in [1.807, 2.05) is 30.3 Å². The molecule has 1 heterocycles. The molecule has 3 rings (SSSR count). The summed E-state index contributed by atoms with van der Waals surface area (Å²) in [6.07, 6.45) is 0.456. The molecule has 12 heteroatoms. The maximum absolute atomic E-state index is 13.4. The van der Waals surface area contributed by atoms with Crippen molar-refractivity contribution in [2.24, 2.45) is 0 Å². The van der Waals surface area contributed by atoms with E-state index in [1.54, 1.807) is 6.92 Å². The Hall–Kier alpha value is -2.60. The third-order valence-electron chi connectivity index (χ3n) is 4.81. The van der Waals surface area contributed by atoms with Gasteiger partial charge >= 0.3 is 0 Å². The minimum absolute atomic E-state index is 0.00491. The van der Waals surface area contributed by atoms with Crippen molar-refractivity contribution in [1.82, 2.24) is 24.8 Å². The van der Waals surface area contributed by atoms with Crippen LogP contribution in [0.5, 0.6) is 5.75 Å². The molecule has 0 spiro atoms. The first-order valence-electron chi connectivity index (χ1n) is 10.5. The van der Waals surface area contributed by atoms with E-state index in [4.69, 9.17) is 16.3 Å². The fourth-order valence-corrected chi connectivity index (χ4v) is 5.52. The number of H-pyrrole nitrogens is 1. The van der Waals surface area contributed by atoms with E-state index in [0.29, 0.717) is 35.4 Å². The average molecular weight is 524 g/mol. The first-order valence-corrected chi connectivity index (χ1v) is 13.3. The largest absolute Gasteiger partial charge is 0.495 e. The van der Waals surface area contributed by atoms with Gasteiger partial charge < -0.3 is 10.1 Å². The Balaban J connectivity index is 1.68. The summed E-state index contributed by atoms with van der Waals surface area (Å²) in [5.41, 5.74) is 0.967. The normalized spacial score (nSPS) is 11.5. The lowest BCUT2D eigenvalue weighted by Gasteiger charge is -2.22. The van der Waals surface area contributed by atoms with Gasteiger partial charge in [-0.05, 0) is 37.1 Å². The SMILES string of the molecule is COc1ccc(S(=O)(=O)N(CCc2ccccc2)CC(=O)NCCSc2n[nH]c(C)n2)cc1Cl. The van der Waals surface area contributed by atoms with Crippen molar-refractivity contribution in [1.29, 1.82) is 0 Å². The summed E-state index contributed by atoms with van der Waals surface area (Å²) in [5, 5.41) is 10.3. The van der Waals surface area contributed by atoms with Crippen LogP contribution in [-0.2, 0) is 21.2 Å². The van der Waals surface area contributed by atoms with Crippen LogP contribution in [0.15, 0.2) is 58.6 Å². The minimum Gasteiger partial charge on any atom is -0.495 e. The third-order valence-corrected chi connectivity index (χ3v) is 7.79. The van der Waals surface area contributed by atoms with Crippen LogP contribution in [0.2, 0.25) is 5.02 Å². The fourth-order valence-electron chi connectivity index (χ4n) is 3.07. The number of nitrogens with zero attached hydrogens (tertiary/aromatic N) is 3. The number of benzene rings is 2. The van der Waals surface area contributed by atoms with Gasteiger partial charge in [0.2, 0.25) is 21.1 Å². The zero-order valence-corrected chi connectivity index (χ0v) is 21.2. The third kappa shape index (κ3) is 7.20. The number of aromatic nitrogens is 3. The van der Waals surface area contributed by atoms with E-state index in [2.05, 4.69) is 20.5 Å². The second kappa shape index (κ2) is 12.2. The molecule has 2 aromatic carbocycles. The Morgan fingerprint density at radius 1 is 1.24 bits per heavy atom. The van der Waals surface area contributed by atoms with E-state index in [9.17, 15) is 13.2 Å². The second-order valence-electron chi connectivity index (χ2n) is 7.27. The number of aryl methyl sites for hydroxylation is 1. The van der Waals surface area contributed by atoms with Gasteiger partial charge in [0.25, 0.3) is 0 Å². The summed E-state index contributed by atoms with van der Waals surface area (Å²) in [4.78, 5) is 16.8. The molecule has 182 valence electrons. The van der Waals surface area contributed by atoms with E-state index >= 15 is 0 Å². The monoisotopic (exact) mass is 523 g/mol. The van der Waals surface area contributed by atoms with Crippen molar-refractivity contribution in [2.75, 3.05) is 32.5 Å². The number of hydrogen-bond donors (Lipinski definition) is 2. The van der Waals surface area contributed by atoms with Crippen LogP contribution in [0.4, 0.5) is 0 Å². The average Bonchev–Trinajstić information content (AvgIpc) is 3.24.